The number of nitrogens with one attached hydrogen (secondary N) is 2. The Morgan fingerprint density at radius 1 is 1.16 bits per heavy atom. The van der Waals surface area contributed by atoms with Crippen molar-refractivity contribution in [2.75, 3.05) is 16.8 Å². The van der Waals surface area contributed by atoms with E-state index in [2.05, 4.69) is 10.6 Å². The lowest BCUT2D eigenvalue weighted by molar-refractivity contribution is -0.118. The Labute approximate surface area is 147 Å². The number of rotatable bonds is 3. The zero-order valence-corrected chi connectivity index (χ0v) is 13.7. The molecule has 0 aromatic heterocycles. The minimum Gasteiger partial charge on any atom is -0.326 e. The van der Waals surface area contributed by atoms with E-state index in [0.717, 1.165) is 6.07 Å². The van der Waals surface area contributed by atoms with Gasteiger partial charge in [-0.15, -0.1) is 0 Å². The van der Waals surface area contributed by atoms with Crippen LogP contribution in [-0.2, 0) is 4.79 Å². The molecule has 0 bridgehead atoms. The number of nitrogens with zero attached hydrogens (tertiary/aromatic N) is 1. The number of carbonyl (C=O) groups excluding carboxylic acids is 2. The highest BCUT2D eigenvalue weighted by Crippen LogP contribution is 2.22. The van der Waals surface area contributed by atoms with Crippen LogP contribution >= 0.6 is 11.6 Å². The van der Waals surface area contributed by atoms with Crippen molar-refractivity contribution in [1.29, 1.82) is 0 Å². The molecule has 0 aliphatic carbocycles. The summed E-state index contributed by atoms with van der Waals surface area (Å²) >= 11 is 5.65. The van der Waals surface area contributed by atoms with Gasteiger partial charge in [0.05, 0.1) is 5.69 Å². The van der Waals surface area contributed by atoms with E-state index < -0.39 is 23.7 Å². The van der Waals surface area contributed by atoms with Crippen molar-refractivity contribution in [3.05, 3.63) is 59.1 Å². The molecule has 1 heterocycles. The van der Waals surface area contributed by atoms with E-state index in [-0.39, 0.29) is 16.6 Å². The Morgan fingerprint density at radius 3 is 2.56 bits per heavy atom. The Kier molecular flexibility index (Phi) is 4.85. The van der Waals surface area contributed by atoms with Crippen LogP contribution < -0.4 is 15.5 Å². The molecule has 0 radical (unpaired) electrons. The van der Waals surface area contributed by atoms with Crippen LogP contribution in [-0.4, -0.2) is 24.5 Å². The van der Waals surface area contributed by atoms with Gasteiger partial charge < -0.3 is 15.5 Å². The first-order valence-electron chi connectivity index (χ1n) is 7.53. The van der Waals surface area contributed by atoms with Gasteiger partial charge >= 0.3 is 6.03 Å². The summed E-state index contributed by atoms with van der Waals surface area (Å²) < 4.78 is 26.7. The molecule has 2 N–H and O–H groups in total. The maximum atomic E-state index is 13.7. The first-order chi connectivity index (χ1) is 11.9. The quantitative estimate of drug-likeness (QED) is 0.873. The summed E-state index contributed by atoms with van der Waals surface area (Å²) in [6.45, 7) is 0.394. The summed E-state index contributed by atoms with van der Waals surface area (Å²) in [5, 5.41) is 5.07. The van der Waals surface area contributed by atoms with E-state index >= 15 is 0 Å². The molecule has 3 rings (SSSR count). The second-order valence-corrected chi connectivity index (χ2v) is 5.97. The highest BCUT2D eigenvalue weighted by atomic mass is 35.5. The van der Waals surface area contributed by atoms with E-state index in [1.54, 1.807) is 0 Å². The van der Waals surface area contributed by atoms with Gasteiger partial charge in [-0.05, 0) is 48.9 Å². The summed E-state index contributed by atoms with van der Waals surface area (Å²) in [7, 11) is 0. The molecule has 1 fully saturated rings. The number of halogens is 3. The molecule has 1 saturated heterocycles. The van der Waals surface area contributed by atoms with Crippen LogP contribution in [0.2, 0.25) is 5.02 Å². The smallest absolute Gasteiger partial charge is 0.319 e. The maximum absolute atomic E-state index is 13.7. The number of amides is 3. The summed E-state index contributed by atoms with van der Waals surface area (Å²) in [5.74, 6) is -1.37. The normalized spacial score (nSPS) is 16.8. The Balaban J connectivity index is 1.62. The van der Waals surface area contributed by atoms with Gasteiger partial charge in [0.25, 0.3) is 0 Å². The van der Waals surface area contributed by atoms with Crippen LogP contribution in [0.1, 0.15) is 6.42 Å². The number of hydrogen-bond acceptors (Lipinski definition) is 2. The largest absolute Gasteiger partial charge is 0.326 e. The highest BCUT2D eigenvalue weighted by Gasteiger charge is 2.33. The zero-order chi connectivity index (χ0) is 18.0. The van der Waals surface area contributed by atoms with Crippen molar-refractivity contribution in [2.24, 2.45) is 0 Å². The first kappa shape index (κ1) is 17.2. The Morgan fingerprint density at radius 2 is 1.88 bits per heavy atom. The van der Waals surface area contributed by atoms with Gasteiger partial charge in [-0.1, -0.05) is 11.6 Å². The van der Waals surface area contributed by atoms with Crippen LogP contribution in [0.15, 0.2) is 42.5 Å². The molecule has 1 aliphatic rings. The molecule has 1 aliphatic heterocycles. The highest BCUT2D eigenvalue weighted by molar-refractivity contribution is 6.30. The van der Waals surface area contributed by atoms with Gasteiger partial charge in [0.1, 0.15) is 17.7 Å². The molecule has 130 valence electrons. The Hall–Kier alpha value is -2.67. The molecule has 1 unspecified atom stereocenters. The third kappa shape index (κ3) is 3.88. The summed E-state index contributed by atoms with van der Waals surface area (Å²) in [5.41, 5.74) is 0.516. The molecule has 0 spiro atoms. The summed E-state index contributed by atoms with van der Waals surface area (Å²) in [6, 6.07) is 7.95. The van der Waals surface area contributed by atoms with Crippen molar-refractivity contribution in [3.8, 4) is 0 Å². The van der Waals surface area contributed by atoms with Gasteiger partial charge in [-0.25, -0.2) is 13.6 Å². The van der Waals surface area contributed by atoms with Crippen LogP contribution in [0, 0.1) is 11.6 Å². The third-order valence-electron chi connectivity index (χ3n) is 3.83. The van der Waals surface area contributed by atoms with Gasteiger partial charge in [0.2, 0.25) is 5.91 Å². The van der Waals surface area contributed by atoms with Crippen LogP contribution in [0.3, 0.4) is 0 Å². The Bertz CT molecular complexity index is 814. The van der Waals surface area contributed by atoms with Crippen molar-refractivity contribution >= 4 is 34.9 Å². The lowest BCUT2D eigenvalue weighted by Gasteiger charge is -2.17. The molecule has 3 amide bonds. The minimum atomic E-state index is -0.736. The fourth-order valence-corrected chi connectivity index (χ4v) is 2.76. The monoisotopic (exact) mass is 365 g/mol. The lowest BCUT2D eigenvalue weighted by atomic mass is 10.2. The summed E-state index contributed by atoms with van der Waals surface area (Å²) in [6.07, 6.45) is 0.396. The molecule has 1 atom stereocenters. The van der Waals surface area contributed by atoms with Crippen molar-refractivity contribution in [2.45, 2.75) is 12.5 Å². The van der Waals surface area contributed by atoms with Gasteiger partial charge in [0.15, 0.2) is 0 Å². The molecule has 8 heteroatoms. The van der Waals surface area contributed by atoms with Crippen molar-refractivity contribution in [1.82, 2.24) is 5.32 Å². The number of anilines is 2. The molecular weight excluding hydrogens is 352 g/mol. The van der Waals surface area contributed by atoms with E-state index in [4.69, 9.17) is 11.6 Å². The van der Waals surface area contributed by atoms with E-state index in [9.17, 15) is 18.4 Å². The zero-order valence-electron chi connectivity index (χ0n) is 12.9. The number of hydrogen-bond donors (Lipinski definition) is 2. The first-order valence-corrected chi connectivity index (χ1v) is 7.91. The van der Waals surface area contributed by atoms with Gasteiger partial charge in [-0.2, -0.15) is 0 Å². The van der Waals surface area contributed by atoms with E-state index in [1.807, 2.05) is 0 Å². The average Bonchev–Trinajstić information content (AvgIpc) is 2.92. The van der Waals surface area contributed by atoms with Gasteiger partial charge in [-0.3, -0.25) is 4.79 Å². The summed E-state index contributed by atoms with van der Waals surface area (Å²) in [4.78, 5) is 25.9. The fourth-order valence-electron chi connectivity index (χ4n) is 2.60. The van der Waals surface area contributed by atoms with Crippen molar-refractivity contribution in [3.63, 3.8) is 0 Å². The number of urea groups is 1. The molecule has 5 nitrogen and oxygen atoms in total. The minimum absolute atomic E-state index is 0.0391. The van der Waals surface area contributed by atoms with E-state index in [0.29, 0.717) is 18.7 Å². The molecule has 2 aromatic carbocycles. The SMILES string of the molecule is O=C(Nc1ccc(Cl)cc1F)NC1CCN(c2ccc(F)cc2)C1=O. The second-order valence-electron chi connectivity index (χ2n) is 5.53. The molecule has 2 aromatic rings. The average molecular weight is 366 g/mol. The molecule has 25 heavy (non-hydrogen) atoms. The van der Waals surface area contributed by atoms with Crippen LogP contribution in [0.5, 0.6) is 0 Å². The molecular formula is C17H14ClF2N3O2. The van der Waals surface area contributed by atoms with Crippen molar-refractivity contribution < 1.29 is 18.4 Å². The topological polar surface area (TPSA) is 61.4 Å². The number of carbonyl (C=O) groups is 2. The second kappa shape index (κ2) is 7.06. The van der Waals surface area contributed by atoms with Gasteiger partial charge in [0, 0.05) is 17.3 Å². The maximum Gasteiger partial charge on any atom is 0.319 e. The fraction of sp³-hybridized carbons (Fsp3) is 0.176. The standard InChI is InChI=1S/C17H14ClF2N3O2/c18-10-1-6-14(13(20)9-10)21-17(25)22-15-7-8-23(16(15)24)12-4-2-11(19)3-5-12/h1-6,9,15H,7-8H2,(H2,21,22,25). The van der Waals surface area contributed by atoms with Crippen LogP contribution in [0.25, 0.3) is 0 Å². The third-order valence-corrected chi connectivity index (χ3v) is 4.06. The number of benzene rings is 2. The predicted octanol–water partition coefficient (Wildman–Crippen LogP) is 3.55. The van der Waals surface area contributed by atoms with Crippen LogP contribution in [0.4, 0.5) is 25.0 Å². The predicted molar refractivity (Wildman–Crippen MR) is 90.7 cm³/mol. The van der Waals surface area contributed by atoms with E-state index in [1.165, 1.54) is 41.3 Å². The lowest BCUT2D eigenvalue weighted by Crippen LogP contribution is -2.43. The molecule has 0 saturated carbocycles.